The lowest BCUT2D eigenvalue weighted by Crippen LogP contribution is -2.35. The van der Waals surface area contributed by atoms with Crippen LogP contribution >= 0.6 is 0 Å². The largest absolute Gasteiger partial charge is 0.475 e. The molecule has 1 heterocycles. The molecule has 15 heavy (non-hydrogen) atoms. The van der Waals surface area contributed by atoms with E-state index < -0.39 is 6.10 Å². The predicted molar refractivity (Wildman–Crippen MR) is 58.9 cm³/mol. The molecular formula is C11H18N2O2. The number of aromatic nitrogens is 1. The van der Waals surface area contributed by atoms with E-state index in [2.05, 4.69) is 10.3 Å². The SMILES string of the molecule is CC(C)NCC(O)COc1ccccn1. The summed E-state index contributed by atoms with van der Waals surface area (Å²) in [4.78, 5) is 3.99. The van der Waals surface area contributed by atoms with E-state index in [9.17, 15) is 5.11 Å². The van der Waals surface area contributed by atoms with Gasteiger partial charge in [-0.05, 0) is 6.07 Å². The molecule has 0 aliphatic heterocycles. The zero-order chi connectivity index (χ0) is 11.1. The van der Waals surface area contributed by atoms with Crippen LogP contribution in [0, 0.1) is 0 Å². The Bertz CT molecular complexity index is 265. The molecule has 1 aromatic rings. The third kappa shape index (κ3) is 5.34. The average Bonchev–Trinajstić information content (AvgIpc) is 2.25. The minimum Gasteiger partial charge on any atom is -0.475 e. The van der Waals surface area contributed by atoms with Crippen LogP contribution in [0.5, 0.6) is 5.88 Å². The number of ether oxygens (including phenoxy) is 1. The van der Waals surface area contributed by atoms with E-state index in [0.29, 0.717) is 18.5 Å². The van der Waals surface area contributed by atoms with Crippen molar-refractivity contribution in [2.75, 3.05) is 13.2 Å². The fourth-order valence-corrected chi connectivity index (χ4v) is 1.04. The summed E-state index contributed by atoms with van der Waals surface area (Å²) in [6.45, 7) is 4.86. The smallest absolute Gasteiger partial charge is 0.213 e. The maximum absolute atomic E-state index is 9.54. The van der Waals surface area contributed by atoms with Gasteiger partial charge in [0.05, 0.1) is 0 Å². The molecule has 1 atom stereocenters. The minimum absolute atomic E-state index is 0.261. The first-order chi connectivity index (χ1) is 7.18. The fourth-order valence-electron chi connectivity index (χ4n) is 1.04. The number of rotatable bonds is 6. The monoisotopic (exact) mass is 210 g/mol. The van der Waals surface area contributed by atoms with E-state index in [1.807, 2.05) is 26.0 Å². The number of pyridine rings is 1. The number of nitrogens with zero attached hydrogens (tertiary/aromatic N) is 1. The second-order valence-electron chi connectivity index (χ2n) is 3.70. The summed E-state index contributed by atoms with van der Waals surface area (Å²) in [6.07, 6.45) is 1.16. The lowest BCUT2D eigenvalue weighted by Gasteiger charge is -2.14. The van der Waals surface area contributed by atoms with E-state index >= 15 is 0 Å². The number of aliphatic hydroxyl groups is 1. The van der Waals surface area contributed by atoms with Gasteiger partial charge in [-0.15, -0.1) is 0 Å². The van der Waals surface area contributed by atoms with Crippen LogP contribution in [0.2, 0.25) is 0 Å². The quantitative estimate of drug-likeness (QED) is 0.730. The van der Waals surface area contributed by atoms with Gasteiger partial charge in [-0.2, -0.15) is 0 Å². The molecule has 0 aliphatic carbocycles. The zero-order valence-corrected chi connectivity index (χ0v) is 9.18. The Labute approximate surface area is 90.3 Å². The maximum Gasteiger partial charge on any atom is 0.213 e. The zero-order valence-electron chi connectivity index (χ0n) is 9.18. The normalized spacial score (nSPS) is 12.8. The van der Waals surface area contributed by atoms with Gasteiger partial charge in [-0.25, -0.2) is 4.98 Å². The third-order valence-electron chi connectivity index (χ3n) is 1.82. The molecular weight excluding hydrogens is 192 g/mol. The van der Waals surface area contributed by atoms with Gasteiger partial charge >= 0.3 is 0 Å². The molecule has 4 heteroatoms. The van der Waals surface area contributed by atoms with Crippen molar-refractivity contribution >= 4 is 0 Å². The van der Waals surface area contributed by atoms with Crippen LogP contribution in [-0.2, 0) is 0 Å². The first-order valence-corrected chi connectivity index (χ1v) is 5.13. The highest BCUT2D eigenvalue weighted by Crippen LogP contribution is 2.03. The predicted octanol–water partition coefficient (Wildman–Crippen LogP) is 0.819. The summed E-state index contributed by atoms with van der Waals surface area (Å²) < 4.78 is 5.30. The molecule has 1 rings (SSSR count). The molecule has 4 nitrogen and oxygen atoms in total. The molecule has 84 valence electrons. The van der Waals surface area contributed by atoms with Crippen LogP contribution < -0.4 is 10.1 Å². The van der Waals surface area contributed by atoms with E-state index in [-0.39, 0.29) is 6.61 Å². The van der Waals surface area contributed by atoms with E-state index in [4.69, 9.17) is 4.74 Å². The summed E-state index contributed by atoms with van der Waals surface area (Å²) in [6, 6.07) is 5.81. The number of hydrogen-bond donors (Lipinski definition) is 2. The number of aliphatic hydroxyl groups excluding tert-OH is 1. The summed E-state index contributed by atoms with van der Waals surface area (Å²) >= 11 is 0. The van der Waals surface area contributed by atoms with Crippen LogP contribution in [-0.4, -0.2) is 35.4 Å². The van der Waals surface area contributed by atoms with Crippen molar-refractivity contribution in [3.05, 3.63) is 24.4 Å². The van der Waals surface area contributed by atoms with Gasteiger partial charge in [-0.1, -0.05) is 19.9 Å². The Kier molecular flexibility index (Phi) is 5.07. The van der Waals surface area contributed by atoms with Gasteiger partial charge in [-0.3, -0.25) is 0 Å². The molecule has 0 bridgehead atoms. The molecule has 0 radical (unpaired) electrons. The van der Waals surface area contributed by atoms with Crippen molar-refractivity contribution in [3.63, 3.8) is 0 Å². The van der Waals surface area contributed by atoms with Gasteiger partial charge in [0, 0.05) is 24.8 Å². The van der Waals surface area contributed by atoms with Gasteiger partial charge in [0.1, 0.15) is 12.7 Å². The molecule has 0 saturated carbocycles. The van der Waals surface area contributed by atoms with Crippen LogP contribution in [0.1, 0.15) is 13.8 Å². The lowest BCUT2D eigenvalue weighted by atomic mass is 10.3. The van der Waals surface area contributed by atoms with Crippen molar-refractivity contribution < 1.29 is 9.84 Å². The van der Waals surface area contributed by atoms with Crippen molar-refractivity contribution in [1.82, 2.24) is 10.3 Å². The van der Waals surface area contributed by atoms with Crippen LogP contribution in [0.3, 0.4) is 0 Å². The van der Waals surface area contributed by atoms with Gasteiger partial charge < -0.3 is 15.2 Å². The van der Waals surface area contributed by atoms with Gasteiger partial charge in [0.25, 0.3) is 0 Å². The Hall–Kier alpha value is -1.13. The molecule has 0 saturated heterocycles. The fraction of sp³-hybridized carbons (Fsp3) is 0.545. The molecule has 0 amide bonds. The Morgan fingerprint density at radius 2 is 2.27 bits per heavy atom. The summed E-state index contributed by atoms with van der Waals surface area (Å²) in [5.41, 5.74) is 0. The van der Waals surface area contributed by atoms with Crippen LogP contribution in [0.15, 0.2) is 24.4 Å². The van der Waals surface area contributed by atoms with Gasteiger partial charge in [0.2, 0.25) is 5.88 Å². The molecule has 2 N–H and O–H groups in total. The van der Waals surface area contributed by atoms with E-state index in [1.165, 1.54) is 0 Å². The summed E-state index contributed by atoms with van der Waals surface area (Å²) in [5, 5.41) is 12.7. The highest BCUT2D eigenvalue weighted by atomic mass is 16.5. The highest BCUT2D eigenvalue weighted by molar-refractivity contribution is 5.09. The number of hydrogen-bond acceptors (Lipinski definition) is 4. The van der Waals surface area contributed by atoms with Crippen molar-refractivity contribution in [1.29, 1.82) is 0 Å². The van der Waals surface area contributed by atoms with E-state index in [1.54, 1.807) is 12.3 Å². The Balaban J connectivity index is 2.19. The van der Waals surface area contributed by atoms with Crippen molar-refractivity contribution in [2.45, 2.75) is 26.0 Å². The highest BCUT2D eigenvalue weighted by Gasteiger charge is 2.05. The molecule has 0 fully saturated rings. The Morgan fingerprint density at radius 3 is 2.87 bits per heavy atom. The van der Waals surface area contributed by atoms with E-state index in [0.717, 1.165) is 0 Å². The maximum atomic E-state index is 9.54. The first kappa shape index (κ1) is 11.9. The topological polar surface area (TPSA) is 54.4 Å². The lowest BCUT2D eigenvalue weighted by molar-refractivity contribution is 0.102. The van der Waals surface area contributed by atoms with Crippen molar-refractivity contribution in [2.24, 2.45) is 0 Å². The van der Waals surface area contributed by atoms with Crippen LogP contribution in [0.4, 0.5) is 0 Å². The Morgan fingerprint density at radius 1 is 1.47 bits per heavy atom. The van der Waals surface area contributed by atoms with Crippen LogP contribution in [0.25, 0.3) is 0 Å². The third-order valence-corrected chi connectivity index (χ3v) is 1.82. The molecule has 1 unspecified atom stereocenters. The molecule has 0 aromatic carbocycles. The first-order valence-electron chi connectivity index (χ1n) is 5.13. The van der Waals surface area contributed by atoms with Gasteiger partial charge in [0.15, 0.2) is 0 Å². The molecule has 1 aromatic heterocycles. The number of nitrogens with one attached hydrogen (secondary N) is 1. The molecule has 0 spiro atoms. The average molecular weight is 210 g/mol. The molecule has 0 aliphatic rings. The van der Waals surface area contributed by atoms with Crippen molar-refractivity contribution in [3.8, 4) is 5.88 Å². The standard InChI is InChI=1S/C11H18N2O2/c1-9(2)13-7-10(14)8-15-11-5-3-4-6-12-11/h3-6,9-10,13-14H,7-8H2,1-2H3. The summed E-state index contributed by atoms with van der Waals surface area (Å²) in [5.74, 6) is 0.543. The summed E-state index contributed by atoms with van der Waals surface area (Å²) in [7, 11) is 0. The minimum atomic E-state index is -0.505. The second kappa shape index (κ2) is 6.37. The second-order valence-corrected chi connectivity index (χ2v) is 3.70.